The number of hydrogen-bond donors (Lipinski definition) is 2. The molecule has 94 valence electrons. The van der Waals surface area contributed by atoms with Crippen molar-refractivity contribution in [2.75, 3.05) is 0 Å². The first-order valence-corrected chi connectivity index (χ1v) is 6.31. The number of amides is 1. The molecule has 17 heavy (non-hydrogen) atoms. The molecule has 2 atom stereocenters. The summed E-state index contributed by atoms with van der Waals surface area (Å²) < 4.78 is 0. The number of nitrogens with two attached hydrogens (primary N) is 1. The van der Waals surface area contributed by atoms with E-state index in [1.54, 1.807) is 0 Å². The maximum absolute atomic E-state index is 11.4. The summed E-state index contributed by atoms with van der Waals surface area (Å²) in [6.07, 6.45) is 0. The van der Waals surface area contributed by atoms with Crippen LogP contribution in [0.4, 0.5) is 0 Å². The van der Waals surface area contributed by atoms with Crippen molar-refractivity contribution in [3.63, 3.8) is 0 Å². The molecule has 1 aromatic heterocycles. The van der Waals surface area contributed by atoms with Crippen LogP contribution in [-0.2, 0) is 4.79 Å². The van der Waals surface area contributed by atoms with Crippen LogP contribution in [0.2, 0.25) is 0 Å². The van der Waals surface area contributed by atoms with Crippen molar-refractivity contribution in [1.29, 1.82) is 0 Å². The molecule has 0 saturated carbocycles. The highest BCUT2D eigenvalue weighted by Gasteiger charge is 2.21. The van der Waals surface area contributed by atoms with Gasteiger partial charge in [-0.1, -0.05) is 25.6 Å². The van der Waals surface area contributed by atoms with E-state index in [9.17, 15) is 4.79 Å². The van der Waals surface area contributed by atoms with Crippen molar-refractivity contribution < 1.29 is 4.79 Å². The average molecular weight is 254 g/mol. The highest BCUT2D eigenvalue weighted by molar-refractivity contribution is 7.99. The molecule has 0 aromatic carbocycles. The normalized spacial score (nSPS) is 14.2. The van der Waals surface area contributed by atoms with Crippen LogP contribution >= 0.6 is 11.8 Å². The van der Waals surface area contributed by atoms with Gasteiger partial charge >= 0.3 is 0 Å². The van der Waals surface area contributed by atoms with E-state index in [1.165, 1.54) is 11.8 Å². The van der Waals surface area contributed by atoms with Gasteiger partial charge in [-0.15, -0.1) is 0 Å². The molecule has 0 fully saturated rings. The van der Waals surface area contributed by atoms with Gasteiger partial charge < -0.3 is 0 Å². The van der Waals surface area contributed by atoms with Crippen LogP contribution in [0.3, 0.4) is 0 Å². The molecular formula is C11H18N4OS. The van der Waals surface area contributed by atoms with Crippen LogP contribution in [-0.4, -0.2) is 21.1 Å². The second-order valence-corrected chi connectivity index (χ2v) is 5.40. The quantitative estimate of drug-likeness (QED) is 0.277. The molecule has 0 saturated heterocycles. The van der Waals surface area contributed by atoms with Crippen LogP contribution < -0.4 is 11.3 Å². The molecule has 6 heteroatoms. The molecule has 0 aliphatic carbocycles. The number of hydrazine groups is 1. The van der Waals surface area contributed by atoms with Gasteiger partial charge in [-0.05, 0) is 19.9 Å². The van der Waals surface area contributed by atoms with E-state index < -0.39 is 0 Å². The average Bonchev–Trinajstić information content (AvgIpc) is 2.25. The Kier molecular flexibility index (Phi) is 4.89. The SMILES string of the molecule is Cc1cc(C)nc(SC(C)C(C)C(=O)NN)n1. The number of aryl methyl sites for hydroxylation is 2. The van der Waals surface area contributed by atoms with Crippen molar-refractivity contribution in [2.24, 2.45) is 11.8 Å². The summed E-state index contributed by atoms with van der Waals surface area (Å²) in [5.41, 5.74) is 4.03. The molecule has 5 nitrogen and oxygen atoms in total. The Morgan fingerprint density at radius 2 is 1.88 bits per heavy atom. The fraction of sp³-hybridized carbons (Fsp3) is 0.545. The van der Waals surface area contributed by atoms with Crippen molar-refractivity contribution in [3.05, 3.63) is 17.5 Å². The Labute approximate surface area is 106 Å². The summed E-state index contributed by atoms with van der Waals surface area (Å²) >= 11 is 1.49. The van der Waals surface area contributed by atoms with Gasteiger partial charge in [-0.25, -0.2) is 15.8 Å². The van der Waals surface area contributed by atoms with Crippen molar-refractivity contribution in [2.45, 2.75) is 38.1 Å². The standard InChI is InChI=1S/C11H18N4OS/c1-6-5-7(2)14-11(13-6)17-9(4)8(3)10(16)15-12/h5,8-9H,12H2,1-4H3,(H,15,16). The molecule has 0 bridgehead atoms. The fourth-order valence-electron chi connectivity index (χ4n) is 1.36. The van der Waals surface area contributed by atoms with E-state index in [2.05, 4.69) is 15.4 Å². The van der Waals surface area contributed by atoms with Gasteiger partial charge in [0, 0.05) is 22.6 Å². The van der Waals surface area contributed by atoms with Crippen LogP contribution in [0.5, 0.6) is 0 Å². The Morgan fingerprint density at radius 1 is 1.35 bits per heavy atom. The maximum atomic E-state index is 11.4. The molecule has 1 rings (SSSR count). The van der Waals surface area contributed by atoms with Gasteiger partial charge in [-0.3, -0.25) is 10.2 Å². The summed E-state index contributed by atoms with van der Waals surface area (Å²) in [6.45, 7) is 7.66. The zero-order chi connectivity index (χ0) is 13.0. The third-order valence-electron chi connectivity index (χ3n) is 2.51. The van der Waals surface area contributed by atoms with Crippen LogP contribution in [0.25, 0.3) is 0 Å². The van der Waals surface area contributed by atoms with E-state index in [0.29, 0.717) is 5.16 Å². The minimum Gasteiger partial charge on any atom is -0.294 e. The number of hydrogen-bond acceptors (Lipinski definition) is 5. The van der Waals surface area contributed by atoms with Gasteiger partial charge in [0.1, 0.15) is 0 Å². The lowest BCUT2D eigenvalue weighted by atomic mass is 10.1. The molecule has 0 aliphatic rings. The minimum absolute atomic E-state index is 0.0692. The summed E-state index contributed by atoms with van der Waals surface area (Å²) in [5, 5.41) is 0.770. The maximum Gasteiger partial charge on any atom is 0.237 e. The molecule has 1 amide bonds. The second kappa shape index (κ2) is 5.97. The summed E-state index contributed by atoms with van der Waals surface area (Å²) in [4.78, 5) is 20.0. The smallest absolute Gasteiger partial charge is 0.237 e. The topological polar surface area (TPSA) is 80.9 Å². The lowest BCUT2D eigenvalue weighted by molar-refractivity contribution is -0.124. The number of thioether (sulfide) groups is 1. The molecule has 0 radical (unpaired) electrons. The predicted octanol–water partition coefficient (Wildman–Crippen LogP) is 1.20. The first-order chi connectivity index (χ1) is 7.93. The van der Waals surface area contributed by atoms with Crippen molar-refractivity contribution in [1.82, 2.24) is 15.4 Å². The van der Waals surface area contributed by atoms with Crippen molar-refractivity contribution in [3.8, 4) is 0 Å². The molecule has 3 N–H and O–H groups in total. The first-order valence-electron chi connectivity index (χ1n) is 5.43. The zero-order valence-electron chi connectivity index (χ0n) is 10.5. The van der Waals surface area contributed by atoms with Gasteiger partial charge in [-0.2, -0.15) is 0 Å². The number of nitrogens with zero attached hydrogens (tertiary/aromatic N) is 2. The van der Waals surface area contributed by atoms with E-state index in [0.717, 1.165) is 11.4 Å². The molecule has 0 aliphatic heterocycles. The lowest BCUT2D eigenvalue weighted by Gasteiger charge is -2.17. The van der Waals surface area contributed by atoms with Crippen molar-refractivity contribution >= 4 is 17.7 Å². The first kappa shape index (κ1) is 13.9. The largest absolute Gasteiger partial charge is 0.294 e. The van der Waals surface area contributed by atoms with Gasteiger partial charge in [0.25, 0.3) is 0 Å². The Morgan fingerprint density at radius 3 is 2.35 bits per heavy atom. The number of carbonyl (C=O) groups excluding carboxylic acids is 1. The van der Waals surface area contributed by atoms with E-state index in [4.69, 9.17) is 5.84 Å². The van der Waals surface area contributed by atoms with Crippen LogP contribution in [0.1, 0.15) is 25.2 Å². The fourth-order valence-corrected chi connectivity index (χ4v) is 2.41. The molecular weight excluding hydrogens is 236 g/mol. The number of aromatic nitrogens is 2. The number of nitrogens with one attached hydrogen (secondary N) is 1. The van der Waals surface area contributed by atoms with E-state index in [-0.39, 0.29) is 17.1 Å². The number of rotatable bonds is 4. The van der Waals surface area contributed by atoms with Gasteiger partial charge in [0.05, 0.1) is 0 Å². The highest BCUT2D eigenvalue weighted by Crippen LogP contribution is 2.25. The van der Waals surface area contributed by atoms with Crippen LogP contribution in [0, 0.1) is 19.8 Å². The number of carbonyl (C=O) groups is 1. The monoisotopic (exact) mass is 254 g/mol. The summed E-state index contributed by atoms with van der Waals surface area (Å²) in [6, 6.07) is 1.92. The van der Waals surface area contributed by atoms with E-state index >= 15 is 0 Å². The van der Waals surface area contributed by atoms with Gasteiger partial charge in [0.2, 0.25) is 5.91 Å². The van der Waals surface area contributed by atoms with Gasteiger partial charge in [0.15, 0.2) is 5.16 Å². The zero-order valence-corrected chi connectivity index (χ0v) is 11.3. The Balaban J connectivity index is 2.73. The summed E-state index contributed by atoms with van der Waals surface area (Å²) in [7, 11) is 0. The lowest BCUT2D eigenvalue weighted by Crippen LogP contribution is -2.38. The van der Waals surface area contributed by atoms with E-state index in [1.807, 2.05) is 33.8 Å². The molecule has 2 unspecified atom stereocenters. The third kappa shape index (κ3) is 3.98. The molecule has 0 spiro atoms. The third-order valence-corrected chi connectivity index (χ3v) is 3.69. The Bertz CT molecular complexity index is 390. The highest BCUT2D eigenvalue weighted by atomic mass is 32.2. The Hall–Kier alpha value is -1.14. The molecule has 1 heterocycles. The minimum atomic E-state index is -0.186. The predicted molar refractivity (Wildman–Crippen MR) is 68.3 cm³/mol. The van der Waals surface area contributed by atoms with Crippen LogP contribution in [0.15, 0.2) is 11.2 Å². The second-order valence-electron chi connectivity index (χ2n) is 4.05. The molecule has 1 aromatic rings. The summed E-state index contributed by atoms with van der Waals surface area (Å²) in [5.74, 6) is 4.75.